The van der Waals surface area contributed by atoms with E-state index in [0.717, 1.165) is 22.5 Å². The molecule has 0 aromatic heterocycles. The van der Waals surface area contributed by atoms with E-state index < -0.39 is 11.9 Å². The van der Waals surface area contributed by atoms with Gasteiger partial charge in [0.05, 0.1) is 13.2 Å². The van der Waals surface area contributed by atoms with Gasteiger partial charge in [-0.25, -0.2) is 9.59 Å². The molecule has 1 aliphatic rings. The molecule has 0 spiro atoms. The van der Waals surface area contributed by atoms with E-state index in [1.165, 1.54) is 0 Å². The predicted molar refractivity (Wildman–Crippen MR) is 99.1 cm³/mol. The molecule has 1 saturated carbocycles. The number of rotatable bonds is 6. The van der Waals surface area contributed by atoms with Gasteiger partial charge in [0.15, 0.2) is 0 Å². The Balaban J connectivity index is 2.39. The Morgan fingerprint density at radius 3 is 2.28 bits per heavy atom. The molecule has 0 amide bonds. The molecule has 134 valence electrons. The SMILES string of the molecule is CCOC(=O)C(C(=O)OCC)=C1CC[C@@H](C)/C1=C\Sc1ccccc1. The Bertz CT molecular complexity index is 656. The van der Waals surface area contributed by atoms with Crippen molar-refractivity contribution < 1.29 is 19.1 Å². The maximum atomic E-state index is 12.4. The predicted octanol–water partition coefficient (Wildman–Crippen LogP) is 4.52. The summed E-state index contributed by atoms with van der Waals surface area (Å²) in [6, 6.07) is 10.0. The first kappa shape index (κ1) is 19.3. The first-order valence-corrected chi connectivity index (χ1v) is 9.45. The summed E-state index contributed by atoms with van der Waals surface area (Å²) in [5.41, 5.74) is 1.82. The van der Waals surface area contributed by atoms with Gasteiger partial charge in [-0.05, 0) is 61.3 Å². The molecule has 2 rings (SSSR count). The van der Waals surface area contributed by atoms with Crippen LogP contribution in [0.2, 0.25) is 0 Å². The number of ether oxygens (including phenoxy) is 2. The second-order valence-corrected chi connectivity index (χ2v) is 6.68. The number of carbonyl (C=O) groups is 2. The molecule has 0 radical (unpaired) electrons. The van der Waals surface area contributed by atoms with Crippen molar-refractivity contribution in [2.45, 2.75) is 38.5 Å². The zero-order chi connectivity index (χ0) is 18.2. The fourth-order valence-electron chi connectivity index (χ4n) is 2.78. The summed E-state index contributed by atoms with van der Waals surface area (Å²) in [5, 5.41) is 2.04. The van der Waals surface area contributed by atoms with Crippen LogP contribution in [0.3, 0.4) is 0 Å². The van der Waals surface area contributed by atoms with Gasteiger partial charge in [-0.1, -0.05) is 36.9 Å². The summed E-state index contributed by atoms with van der Waals surface area (Å²) >= 11 is 1.59. The monoisotopic (exact) mass is 360 g/mol. The van der Waals surface area contributed by atoms with Crippen LogP contribution in [-0.2, 0) is 19.1 Å². The molecule has 1 atom stereocenters. The topological polar surface area (TPSA) is 52.6 Å². The Hall–Kier alpha value is -2.01. The van der Waals surface area contributed by atoms with Gasteiger partial charge in [0.1, 0.15) is 5.57 Å². The smallest absolute Gasteiger partial charge is 0.345 e. The van der Waals surface area contributed by atoms with E-state index in [1.807, 2.05) is 35.7 Å². The summed E-state index contributed by atoms with van der Waals surface area (Å²) in [4.78, 5) is 25.8. The zero-order valence-corrected chi connectivity index (χ0v) is 15.7. The van der Waals surface area contributed by atoms with Crippen LogP contribution in [0.1, 0.15) is 33.6 Å². The Kier molecular flexibility index (Phi) is 7.31. The van der Waals surface area contributed by atoms with Crippen LogP contribution in [0.5, 0.6) is 0 Å². The van der Waals surface area contributed by atoms with Crippen LogP contribution in [0.15, 0.2) is 57.4 Å². The zero-order valence-electron chi connectivity index (χ0n) is 14.9. The Morgan fingerprint density at radius 1 is 1.12 bits per heavy atom. The third-order valence-corrected chi connectivity index (χ3v) is 4.95. The first-order chi connectivity index (χ1) is 12.1. The molecule has 1 aromatic carbocycles. The molecule has 0 saturated heterocycles. The molecule has 1 fully saturated rings. The number of allylic oxidation sites excluding steroid dienone is 2. The largest absolute Gasteiger partial charge is 0.462 e. The molecular formula is C20H24O4S. The van der Waals surface area contributed by atoms with E-state index in [4.69, 9.17) is 9.47 Å². The van der Waals surface area contributed by atoms with Crippen molar-refractivity contribution in [3.05, 3.63) is 52.5 Å². The molecular weight excluding hydrogens is 336 g/mol. The minimum atomic E-state index is -0.597. The summed E-state index contributed by atoms with van der Waals surface area (Å²) in [6.45, 7) is 6.01. The normalized spacial score (nSPS) is 18.3. The van der Waals surface area contributed by atoms with Crippen molar-refractivity contribution in [3.63, 3.8) is 0 Å². The molecule has 25 heavy (non-hydrogen) atoms. The fraction of sp³-hybridized carbons (Fsp3) is 0.400. The molecule has 0 N–H and O–H groups in total. The number of hydrogen-bond acceptors (Lipinski definition) is 5. The van der Waals surface area contributed by atoms with Gasteiger partial charge in [0.25, 0.3) is 0 Å². The molecule has 0 unspecified atom stereocenters. The summed E-state index contributed by atoms with van der Waals surface area (Å²) in [5.74, 6) is -0.911. The van der Waals surface area contributed by atoms with E-state index in [-0.39, 0.29) is 24.7 Å². The van der Waals surface area contributed by atoms with Crippen LogP contribution >= 0.6 is 11.8 Å². The maximum absolute atomic E-state index is 12.4. The van der Waals surface area contributed by atoms with Gasteiger partial charge in [-0.2, -0.15) is 0 Å². The number of esters is 2. The quantitative estimate of drug-likeness (QED) is 0.245. The third kappa shape index (κ3) is 4.98. The Labute approximate surface area is 153 Å². The van der Waals surface area contributed by atoms with E-state index in [2.05, 4.69) is 6.92 Å². The third-order valence-electron chi connectivity index (χ3n) is 4.03. The second-order valence-electron chi connectivity index (χ2n) is 5.74. The lowest BCUT2D eigenvalue weighted by molar-refractivity contribution is -0.146. The van der Waals surface area contributed by atoms with Crippen molar-refractivity contribution in [3.8, 4) is 0 Å². The lowest BCUT2D eigenvalue weighted by atomic mass is 10.0. The van der Waals surface area contributed by atoms with Crippen LogP contribution in [0.4, 0.5) is 0 Å². The Morgan fingerprint density at radius 2 is 1.72 bits per heavy atom. The maximum Gasteiger partial charge on any atom is 0.345 e. The lowest BCUT2D eigenvalue weighted by Gasteiger charge is -2.12. The molecule has 0 bridgehead atoms. The molecule has 0 aliphatic heterocycles. The highest BCUT2D eigenvalue weighted by molar-refractivity contribution is 8.02. The molecule has 0 heterocycles. The van der Waals surface area contributed by atoms with Gasteiger partial charge in [-0.3, -0.25) is 0 Å². The van der Waals surface area contributed by atoms with Crippen LogP contribution in [-0.4, -0.2) is 25.2 Å². The van der Waals surface area contributed by atoms with Crippen LogP contribution in [0, 0.1) is 5.92 Å². The van der Waals surface area contributed by atoms with Crippen molar-refractivity contribution in [1.29, 1.82) is 0 Å². The summed E-state index contributed by atoms with van der Waals surface area (Å²) in [7, 11) is 0. The average molecular weight is 360 g/mol. The second kappa shape index (κ2) is 9.47. The van der Waals surface area contributed by atoms with E-state index in [0.29, 0.717) is 6.42 Å². The van der Waals surface area contributed by atoms with Gasteiger partial charge >= 0.3 is 11.9 Å². The number of carbonyl (C=O) groups excluding carboxylic acids is 2. The van der Waals surface area contributed by atoms with Crippen molar-refractivity contribution in [2.24, 2.45) is 5.92 Å². The summed E-state index contributed by atoms with van der Waals surface area (Å²) in [6.07, 6.45) is 1.58. The number of benzene rings is 1. The highest BCUT2D eigenvalue weighted by atomic mass is 32.2. The van der Waals surface area contributed by atoms with E-state index in [1.54, 1.807) is 25.6 Å². The highest BCUT2D eigenvalue weighted by Crippen LogP contribution is 2.40. The molecule has 1 aliphatic carbocycles. The average Bonchev–Trinajstić information content (AvgIpc) is 2.95. The van der Waals surface area contributed by atoms with Crippen LogP contribution < -0.4 is 0 Å². The van der Waals surface area contributed by atoms with Crippen LogP contribution in [0.25, 0.3) is 0 Å². The van der Waals surface area contributed by atoms with Crippen molar-refractivity contribution >= 4 is 23.7 Å². The van der Waals surface area contributed by atoms with Gasteiger partial charge < -0.3 is 9.47 Å². The van der Waals surface area contributed by atoms with Gasteiger partial charge in [0, 0.05) is 4.90 Å². The van der Waals surface area contributed by atoms with E-state index >= 15 is 0 Å². The number of thioether (sulfide) groups is 1. The molecule has 1 aromatic rings. The first-order valence-electron chi connectivity index (χ1n) is 8.58. The fourth-order valence-corrected chi connectivity index (χ4v) is 3.73. The molecule has 4 nitrogen and oxygen atoms in total. The lowest BCUT2D eigenvalue weighted by Crippen LogP contribution is -2.20. The van der Waals surface area contributed by atoms with E-state index in [9.17, 15) is 9.59 Å². The highest BCUT2D eigenvalue weighted by Gasteiger charge is 2.32. The van der Waals surface area contributed by atoms with Crippen molar-refractivity contribution in [2.75, 3.05) is 13.2 Å². The summed E-state index contributed by atoms with van der Waals surface area (Å²) < 4.78 is 10.2. The van der Waals surface area contributed by atoms with Gasteiger partial charge in [0.2, 0.25) is 0 Å². The minimum Gasteiger partial charge on any atom is -0.462 e. The van der Waals surface area contributed by atoms with Gasteiger partial charge in [-0.15, -0.1) is 0 Å². The minimum absolute atomic E-state index is 0.0490. The standard InChI is InChI=1S/C20H24O4S/c1-4-23-19(21)18(20(22)24-5-2)16-12-11-14(3)17(16)13-25-15-9-7-6-8-10-15/h6-10,13-14H,4-5,11-12H2,1-3H3/b17-13+/t14-/m1/s1. The molecule has 5 heteroatoms. The number of hydrogen-bond donors (Lipinski definition) is 0. The van der Waals surface area contributed by atoms with Crippen molar-refractivity contribution in [1.82, 2.24) is 0 Å².